The van der Waals surface area contributed by atoms with Gasteiger partial charge in [-0.2, -0.15) is 0 Å². The fourth-order valence-electron chi connectivity index (χ4n) is 2.07. The third-order valence-electron chi connectivity index (χ3n) is 3.18. The molecule has 3 aromatic heterocycles. The van der Waals surface area contributed by atoms with Crippen LogP contribution in [-0.4, -0.2) is 37.0 Å². The Bertz CT molecular complexity index is 755. The number of rotatable bonds is 6. The summed E-state index contributed by atoms with van der Waals surface area (Å²) in [5.41, 5.74) is 0. The van der Waals surface area contributed by atoms with Gasteiger partial charge in [0.05, 0.1) is 12.5 Å². The molecule has 3 aromatic rings. The van der Waals surface area contributed by atoms with E-state index >= 15 is 0 Å². The Morgan fingerprint density at radius 1 is 1.30 bits per heavy atom. The molecule has 23 heavy (non-hydrogen) atoms. The average molecular weight is 328 g/mol. The van der Waals surface area contributed by atoms with Crippen LogP contribution in [0.25, 0.3) is 10.8 Å². The van der Waals surface area contributed by atoms with Crippen LogP contribution in [-0.2, 0) is 6.54 Å². The fourth-order valence-corrected chi connectivity index (χ4v) is 2.85. The lowest BCUT2D eigenvalue weighted by molar-refractivity contribution is 0.0950. The summed E-state index contributed by atoms with van der Waals surface area (Å²) in [5.74, 6) is 0.713. The van der Waals surface area contributed by atoms with Gasteiger partial charge in [-0.15, -0.1) is 11.3 Å². The largest absolute Gasteiger partial charge is 0.351 e. The van der Waals surface area contributed by atoms with Crippen molar-refractivity contribution in [1.82, 2.24) is 29.8 Å². The molecule has 7 nitrogen and oxygen atoms in total. The molecule has 0 bridgehead atoms. The number of carbonyl (C=O) groups excluding carboxylic acids is 1. The van der Waals surface area contributed by atoms with Crippen molar-refractivity contribution >= 4 is 17.2 Å². The fraction of sp³-hybridized carbons (Fsp3) is 0.267. The first-order valence-electron chi connectivity index (χ1n) is 7.19. The summed E-state index contributed by atoms with van der Waals surface area (Å²) in [6, 6.07) is 1.74. The third-order valence-corrected chi connectivity index (χ3v) is 4.17. The Morgan fingerprint density at radius 2 is 2.13 bits per heavy atom. The van der Waals surface area contributed by atoms with Gasteiger partial charge in [0.2, 0.25) is 0 Å². The summed E-state index contributed by atoms with van der Waals surface area (Å²) in [6.45, 7) is 3.48. The van der Waals surface area contributed by atoms with Crippen molar-refractivity contribution in [3.05, 3.63) is 48.3 Å². The zero-order chi connectivity index (χ0) is 16.1. The Kier molecular flexibility index (Phi) is 4.72. The molecule has 1 atom stereocenters. The first-order chi connectivity index (χ1) is 11.2. The maximum atomic E-state index is 12.2. The molecule has 0 unspecified atom stereocenters. The van der Waals surface area contributed by atoms with Crippen molar-refractivity contribution in [2.75, 3.05) is 6.54 Å². The number of hydrogen-bond acceptors (Lipinski definition) is 6. The molecule has 118 valence electrons. The maximum absolute atomic E-state index is 12.2. The molecule has 0 aromatic carbocycles. The molecular formula is C15H16N6OS. The maximum Gasteiger partial charge on any atom is 0.263 e. The molecule has 1 amide bonds. The highest BCUT2D eigenvalue weighted by atomic mass is 32.1. The molecule has 0 aliphatic carbocycles. The van der Waals surface area contributed by atoms with E-state index in [1.54, 1.807) is 37.2 Å². The van der Waals surface area contributed by atoms with Crippen molar-refractivity contribution < 1.29 is 4.79 Å². The van der Waals surface area contributed by atoms with Gasteiger partial charge in [-0.1, -0.05) is 6.92 Å². The predicted molar refractivity (Wildman–Crippen MR) is 86.9 cm³/mol. The van der Waals surface area contributed by atoms with Crippen molar-refractivity contribution in [3.63, 3.8) is 0 Å². The van der Waals surface area contributed by atoms with E-state index in [1.807, 2.05) is 10.8 Å². The van der Waals surface area contributed by atoms with Crippen molar-refractivity contribution in [3.8, 4) is 10.8 Å². The van der Waals surface area contributed by atoms with Crippen molar-refractivity contribution in [2.45, 2.75) is 13.5 Å². The van der Waals surface area contributed by atoms with Crippen LogP contribution in [0.1, 0.15) is 16.6 Å². The Labute approximate surface area is 137 Å². The summed E-state index contributed by atoms with van der Waals surface area (Å²) in [6.07, 6.45) is 10.3. The zero-order valence-corrected chi connectivity index (χ0v) is 13.4. The van der Waals surface area contributed by atoms with E-state index in [1.165, 1.54) is 11.3 Å². The Hall–Kier alpha value is -2.61. The van der Waals surface area contributed by atoms with Gasteiger partial charge in [-0.25, -0.2) is 19.9 Å². The minimum atomic E-state index is -0.123. The minimum Gasteiger partial charge on any atom is -0.351 e. The number of nitrogens with one attached hydrogen (secondary N) is 1. The summed E-state index contributed by atoms with van der Waals surface area (Å²) < 4.78 is 1.99. The zero-order valence-electron chi connectivity index (χ0n) is 12.6. The van der Waals surface area contributed by atoms with Crippen LogP contribution in [0.5, 0.6) is 0 Å². The first-order valence-corrected chi connectivity index (χ1v) is 8.01. The third kappa shape index (κ3) is 3.98. The molecule has 0 spiro atoms. The van der Waals surface area contributed by atoms with Gasteiger partial charge >= 0.3 is 0 Å². The van der Waals surface area contributed by atoms with Gasteiger partial charge in [0, 0.05) is 37.9 Å². The monoisotopic (exact) mass is 328 g/mol. The van der Waals surface area contributed by atoms with Crippen LogP contribution in [0.2, 0.25) is 0 Å². The van der Waals surface area contributed by atoms with Gasteiger partial charge in [-0.05, 0) is 12.0 Å². The number of carbonyl (C=O) groups is 1. The summed E-state index contributed by atoms with van der Waals surface area (Å²) in [7, 11) is 0. The molecule has 0 aliphatic rings. The average Bonchev–Trinajstić information content (AvgIpc) is 3.25. The van der Waals surface area contributed by atoms with Gasteiger partial charge < -0.3 is 9.88 Å². The van der Waals surface area contributed by atoms with E-state index in [4.69, 9.17) is 0 Å². The first kappa shape index (κ1) is 15.3. The lowest BCUT2D eigenvalue weighted by atomic mass is 10.2. The second-order valence-electron chi connectivity index (χ2n) is 5.18. The molecule has 3 heterocycles. The topological polar surface area (TPSA) is 85.6 Å². The predicted octanol–water partition coefficient (Wildman–Crippen LogP) is 1.86. The Balaban J connectivity index is 1.55. The quantitative estimate of drug-likeness (QED) is 0.746. The highest BCUT2D eigenvalue weighted by Gasteiger charge is 2.14. The van der Waals surface area contributed by atoms with E-state index in [-0.39, 0.29) is 5.91 Å². The number of aromatic nitrogens is 5. The minimum absolute atomic E-state index is 0.123. The lowest BCUT2D eigenvalue weighted by Gasteiger charge is -2.12. The smallest absolute Gasteiger partial charge is 0.263 e. The molecule has 8 heteroatoms. The second kappa shape index (κ2) is 7.10. The second-order valence-corrected chi connectivity index (χ2v) is 6.21. The van der Waals surface area contributed by atoms with Gasteiger partial charge in [0.25, 0.3) is 5.91 Å². The van der Waals surface area contributed by atoms with E-state index in [9.17, 15) is 4.79 Å². The lowest BCUT2D eigenvalue weighted by Crippen LogP contribution is -2.29. The van der Waals surface area contributed by atoms with Gasteiger partial charge in [0.1, 0.15) is 4.88 Å². The molecule has 0 fully saturated rings. The molecule has 3 rings (SSSR count). The molecule has 0 aliphatic heterocycles. The van der Waals surface area contributed by atoms with Gasteiger partial charge in [0.15, 0.2) is 10.8 Å². The number of thiazole rings is 1. The molecule has 0 saturated carbocycles. The van der Waals surface area contributed by atoms with Gasteiger partial charge in [-0.3, -0.25) is 4.79 Å². The molecule has 0 radical (unpaired) electrons. The summed E-state index contributed by atoms with van der Waals surface area (Å²) >= 11 is 1.29. The van der Waals surface area contributed by atoms with Crippen LogP contribution in [0.15, 0.2) is 43.4 Å². The SMILES string of the molecule is C[C@@H](CNC(=O)c1cnc(-c2ncccn2)s1)Cn1ccnc1. The van der Waals surface area contributed by atoms with Crippen LogP contribution in [0, 0.1) is 5.92 Å². The van der Waals surface area contributed by atoms with E-state index < -0.39 is 0 Å². The highest BCUT2D eigenvalue weighted by Crippen LogP contribution is 2.21. The highest BCUT2D eigenvalue weighted by molar-refractivity contribution is 7.16. The number of hydrogen-bond donors (Lipinski definition) is 1. The van der Waals surface area contributed by atoms with Crippen molar-refractivity contribution in [1.29, 1.82) is 0 Å². The molecular weight excluding hydrogens is 312 g/mol. The number of nitrogens with zero attached hydrogens (tertiary/aromatic N) is 5. The van der Waals surface area contributed by atoms with Crippen LogP contribution < -0.4 is 5.32 Å². The molecule has 0 saturated heterocycles. The van der Waals surface area contributed by atoms with E-state index in [0.717, 1.165) is 6.54 Å². The van der Waals surface area contributed by atoms with E-state index in [2.05, 4.69) is 32.2 Å². The summed E-state index contributed by atoms with van der Waals surface area (Å²) in [5, 5.41) is 3.57. The van der Waals surface area contributed by atoms with Crippen molar-refractivity contribution in [2.24, 2.45) is 5.92 Å². The van der Waals surface area contributed by atoms with Crippen LogP contribution in [0.3, 0.4) is 0 Å². The number of amides is 1. The summed E-state index contributed by atoms with van der Waals surface area (Å²) in [4.78, 5) is 29.2. The van der Waals surface area contributed by atoms with E-state index in [0.29, 0.717) is 28.2 Å². The molecule has 1 N–H and O–H groups in total. The van der Waals surface area contributed by atoms with Crippen LogP contribution in [0.4, 0.5) is 0 Å². The standard InChI is InChI=1S/C15H16N6OS/c1-11(9-21-6-5-16-10-21)7-19-14(22)12-8-20-15(23-12)13-17-3-2-4-18-13/h2-6,8,10-11H,7,9H2,1H3,(H,19,22)/t11-/m0/s1. The normalized spacial score (nSPS) is 12.0. The number of imidazole rings is 1. The van der Waals surface area contributed by atoms with Crippen LogP contribution >= 0.6 is 11.3 Å². The Morgan fingerprint density at radius 3 is 2.87 bits per heavy atom.